The fraction of sp³-hybridized carbons (Fsp3) is 0.308. The molecule has 0 spiro atoms. The number of methoxy groups -OCH3 is 1. The van der Waals surface area contributed by atoms with Crippen molar-refractivity contribution in [1.82, 2.24) is 15.0 Å². The van der Waals surface area contributed by atoms with E-state index in [0.717, 1.165) is 22.8 Å². The number of alkyl halides is 1. The summed E-state index contributed by atoms with van der Waals surface area (Å²) < 4.78 is 5.02. The molecule has 0 saturated heterocycles. The van der Waals surface area contributed by atoms with E-state index in [9.17, 15) is 0 Å². The molecule has 2 heterocycles. The van der Waals surface area contributed by atoms with E-state index >= 15 is 0 Å². The summed E-state index contributed by atoms with van der Waals surface area (Å²) >= 11 is 5.79. The molecule has 0 bridgehead atoms. The molecule has 0 saturated carbocycles. The smallest absolute Gasteiger partial charge is 0.212 e. The molecule has 0 aliphatic rings. The van der Waals surface area contributed by atoms with Crippen molar-refractivity contribution in [3.63, 3.8) is 0 Å². The Labute approximate surface area is 111 Å². The number of nitrogens with zero attached hydrogens (tertiary/aromatic N) is 3. The second kappa shape index (κ2) is 5.78. The zero-order valence-corrected chi connectivity index (χ0v) is 11.1. The summed E-state index contributed by atoms with van der Waals surface area (Å²) in [5.74, 6) is 1.76. The summed E-state index contributed by atoms with van der Waals surface area (Å²) in [7, 11) is 1.60. The number of aromatic nitrogens is 3. The molecule has 2 aromatic rings. The molecule has 4 nitrogen and oxygen atoms in total. The topological polar surface area (TPSA) is 47.9 Å². The molecule has 2 aromatic heterocycles. The van der Waals surface area contributed by atoms with Crippen LogP contribution in [0.15, 0.2) is 24.4 Å². The third-order valence-electron chi connectivity index (χ3n) is 2.46. The fourth-order valence-corrected chi connectivity index (χ4v) is 1.80. The summed E-state index contributed by atoms with van der Waals surface area (Å²) in [6, 6.07) is 5.67. The molecule has 0 atom stereocenters. The van der Waals surface area contributed by atoms with Gasteiger partial charge in [0.2, 0.25) is 5.88 Å². The number of rotatable bonds is 4. The lowest BCUT2D eigenvalue weighted by molar-refractivity contribution is 0.397. The summed E-state index contributed by atoms with van der Waals surface area (Å²) in [5.41, 5.74) is 2.82. The first kappa shape index (κ1) is 12.8. The maximum absolute atomic E-state index is 5.79. The summed E-state index contributed by atoms with van der Waals surface area (Å²) in [4.78, 5) is 12.9. The van der Waals surface area contributed by atoms with Crippen LogP contribution in [0.5, 0.6) is 5.88 Å². The Hall–Kier alpha value is -1.68. The highest BCUT2D eigenvalue weighted by atomic mass is 35.5. The normalized spacial score (nSPS) is 10.4. The lowest BCUT2D eigenvalue weighted by atomic mass is 10.2. The van der Waals surface area contributed by atoms with Gasteiger partial charge < -0.3 is 4.74 Å². The number of hydrogen-bond acceptors (Lipinski definition) is 4. The third kappa shape index (κ3) is 3.17. The Balaban J connectivity index is 2.19. The Morgan fingerprint density at radius 1 is 1.28 bits per heavy atom. The van der Waals surface area contributed by atoms with Crippen molar-refractivity contribution < 1.29 is 4.74 Å². The van der Waals surface area contributed by atoms with Crippen LogP contribution in [0, 0.1) is 6.92 Å². The van der Waals surface area contributed by atoms with Crippen molar-refractivity contribution in [1.29, 1.82) is 0 Å². The molecule has 0 radical (unpaired) electrons. The van der Waals surface area contributed by atoms with Gasteiger partial charge in [-0.05, 0) is 18.6 Å². The highest BCUT2D eigenvalue weighted by molar-refractivity contribution is 6.16. The van der Waals surface area contributed by atoms with Crippen LogP contribution in [0.1, 0.15) is 22.8 Å². The SMILES string of the molecule is COc1ccc(Cc2nc(C)cc(CCl)n2)cn1. The number of halogens is 1. The van der Waals surface area contributed by atoms with Crippen molar-refractivity contribution in [2.24, 2.45) is 0 Å². The molecular formula is C13H14ClN3O. The Kier molecular flexibility index (Phi) is 4.10. The largest absolute Gasteiger partial charge is 0.481 e. The Morgan fingerprint density at radius 2 is 2.11 bits per heavy atom. The minimum absolute atomic E-state index is 0.400. The van der Waals surface area contributed by atoms with Crippen molar-refractivity contribution in [2.75, 3.05) is 7.11 Å². The van der Waals surface area contributed by atoms with E-state index in [1.54, 1.807) is 13.3 Å². The van der Waals surface area contributed by atoms with Crippen LogP contribution in [0.4, 0.5) is 0 Å². The van der Waals surface area contributed by atoms with Gasteiger partial charge in [-0.15, -0.1) is 11.6 Å². The van der Waals surface area contributed by atoms with Crippen LogP contribution in [-0.2, 0) is 12.3 Å². The summed E-state index contributed by atoms with van der Waals surface area (Å²) in [6.07, 6.45) is 2.41. The molecule has 0 N–H and O–H groups in total. The number of pyridine rings is 1. The van der Waals surface area contributed by atoms with Crippen LogP contribution in [0.2, 0.25) is 0 Å². The Morgan fingerprint density at radius 3 is 2.72 bits per heavy atom. The van der Waals surface area contributed by atoms with Crippen molar-refractivity contribution in [3.8, 4) is 5.88 Å². The number of ether oxygens (including phenoxy) is 1. The van der Waals surface area contributed by atoms with Gasteiger partial charge in [-0.2, -0.15) is 0 Å². The first-order valence-electron chi connectivity index (χ1n) is 5.59. The maximum atomic E-state index is 5.79. The van der Waals surface area contributed by atoms with E-state index in [0.29, 0.717) is 18.2 Å². The van der Waals surface area contributed by atoms with Gasteiger partial charge in [0.15, 0.2) is 0 Å². The molecule has 0 aliphatic heterocycles. The molecule has 0 aromatic carbocycles. The molecule has 0 aliphatic carbocycles. The molecule has 0 unspecified atom stereocenters. The minimum Gasteiger partial charge on any atom is -0.481 e. The van der Waals surface area contributed by atoms with Gasteiger partial charge >= 0.3 is 0 Å². The van der Waals surface area contributed by atoms with E-state index in [4.69, 9.17) is 16.3 Å². The molecule has 94 valence electrons. The van der Waals surface area contributed by atoms with Gasteiger partial charge in [0.05, 0.1) is 18.7 Å². The highest BCUT2D eigenvalue weighted by Gasteiger charge is 2.04. The van der Waals surface area contributed by atoms with Gasteiger partial charge in [-0.3, -0.25) is 0 Å². The average molecular weight is 264 g/mol. The van der Waals surface area contributed by atoms with E-state index in [2.05, 4.69) is 15.0 Å². The highest BCUT2D eigenvalue weighted by Crippen LogP contribution is 2.11. The van der Waals surface area contributed by atoms with Crippen molar-refractivity contribution >= 4 is 11.6 Å². The van der Waals surface area contributed by atoms with E-state index in [1.807, 2.05) is 25.1 Å². The van der Waals surface area contributed by atoms with Crippen LogP contribution in [0.25, 0.3) is 0 Å². The monoisotopic (exact) mass is 263 g/mol. The van der Waals surface area contributed by atoms with Crippen LogP contribution in [-0.4, -0.2) is 22.1 Å². The second-order valence-corrected chi connectivity index (χ2v) is 4.20. The van der Waals surface area contributed by atoms with Gasteiger partial charge in [0, 0.05) is 24.4 Å². The van der Waals surface area contributed by atoms with Crippen molar-refractivity contribution in [2.45, 2.75) is 19.2 Å². The molecule has 2 rings (SSSR count). The second-order valence-electron chi connectivity index (χ2n) is 3.94. The average Bonchev–Trinajstić information content (AvgIpc) is 2.39. The van der Waals surface area contributed by atoms with E-state index < -0.39 is 0 Å². The van der Waals surface area contributed by atoms with E-state index in [-0.39, 0.29) is 0 Å². The third-order valence-corrected chi connectivity index (χ3v) is 2.73. The fourth-order valence-electron chi connectivity index (χ4n) is 1.67. The predicted octanol–water partition coefficient (Wildman–Crippen LogP) is 2.52. The van der Waals surface area contributed by atoms with E-state index in [1.165, 1.54) is 0 Å². The minimum atomic E-state index is 0.400. The molecule has 5 heteroatoms. The molecule has 0 fully saturated rings. The standard InChI is InChI=1S/C13H14ClN3O/c1-9-5-11(7-14)17-12(16-9)6-10-3-4-13(18-2)15-8-10/h3-5,8H,6-7H2,1-2H3. The quantitative estimate of drug-likeness (QED) is 0.796. The first-order valence-corrected chi connectivity index (χ1v) is 6.13. The first-order chi connectivity index (χ1) is 8.71. The van der Waals surface area contributed by atoms with Gasteiger partial charge in [-0.1, -0.05) is 6.07 Å². The molecular weight excluding hydrogens is 250 g/mol. The number of hydrogen-bond donors (Lipinski definition) is 0. The lowest BCUT2D eigenvalue weighted by Crippen LogP contribution is -2.02. The number of aryl methyl sites for hydroxylation is 1. The zero-order valence-electron chi connectivity index (χ0n) is 10.4. The zero-order chi connectivity index (χ0) is 13.0. The van der Waals surface area contributed by atoms with Crippen LogP contribution in [0.3, 0.4) is 0 Å². The van der Waals surface area contributed by atoms with Gasteiger partial charge in [0.25, 0.3) is 0 Å². The van der Waals surface area contributed by atoms with Crippen LogP contribution >= 0.6 is 11.6 Å². The summed E-state index contributed by atoms with van der Waals surface area (Å²) in [6.45, 7) is 1.94. The molecule has 0 amide bonds. The Bertz CT molecular complexity index is 528. The molecule has 18 heavy (non-hydrogen) atoms. The lowest BCUT2D eigenvalue weighted by Gasteiger charge is -2.05. The van der Waals surface area contributed by atoms with Crippen molar-refractivity contribution in [3.05, 3.63) is 47.2 Å². The van der Waals surface area contributed by atoms with Gasteiger partial charge in [-0.25, -0.2) is 15.0 Å². The van der Waals surface area contributed by atoms with Gasteiger partial charge in [0.1, 0.15) is 5.82 Å². The maximum Gasteiger partial charge on any atom is 0.212 e. The predicted molar refractivity (Wildman–Crippen MR) is 69.9 cm³/mol. The summed E-state index contributed by atoms with van der Waals surface area (Å²) in [5, 5.41) is 0. The van der Waals surface area contributed by atoms with Crippen LogP contribution < -0.4 is 4.74 Å².